The summed E-state index contributed by atoms with van der Waals surface area (Å²) < 4.78 is 20.2. The number of urea groups is 1. The number of nitrogens with two attached hydrogens (primary N) is 1. The van der Waals surface area contributed by atoms with E-state index in [0.29, 0.717) is 33.7 Å². The van der Waals surface area contributed by atoms with Gasteiger partial charge in [-0.2, -0.15) is 5.48 Å². The van der Waals surface area contributed by atoms with Crippen molar-refractivity contribution in [2.75, 3.05) is 13.2 Å². The van der Waals surface area contributed by atoms with E-state index in [4.69, 9.17) is 48.1 Å². The lowest BCUT2D eigenvalue weighted by atomic mass is 10.1. The van der Waals surface area contributed by atoms with E-state index in [1.54, 1.807) is 55.0 Å². The zero-order valence-electron chi connectivity index (χ0n) is 17.2. The maximum Gasteiger partial charge on any atom is 0.361 e. The minimum absolute atomic E-state index is 0.205. The molecule has 0 bridgehead atoms. The highest BCUT2D eigenvalue weighted by molar-refractivity contribution is 6.35. The number of aromatic nitrogens is 2. The normalized spacial score (nSPS) is 19.8. The number of hydrazine groups is 1. The molecule has 0 radical (unpaired) electrons. The molecule has 2 heterocycles. The zero-order valence-corrected chi connectivity index (χ0v) is 18.8. The van der Waals surface area contributed by atoms with Crippen molar-refractivity contribution >= 4 is 29.2 Å². The van der Waals surface area contributed by atoms with Gasteiger partial charge in [0.25, 0.3) is 0 Å². The predicted molar refractivity (Wildman–Crippen MR) is 120 cm³/mol. The van der Waals surface area contributed by atoms with Crippen LogP contribution in [0.2, 0.25) is 10.0 Å². The van der Waals surface area contributed by atoms with Gasteiger partial charge in [-0.3, -0.25) is 5.43 Å². The quantitative estimate of drug-likeness (QED) is 0.250. The van der Waals surface area contributed by atoms with Crippen molar-refractivity contribution in [3.05, 3.63) is 76.8 Å². The molecule has 2 aromatic carbocycles. The fourth-order valence-corrected chi connectivity index (χ4v) is 3.88. The molecule has 4 N–H and O–H groups in total. The Bertz CT molecular complexity index is 1100. The molecule has 0 saturated carbocycles. The molecule has 10 nitrogen and oxygen atoms in total. The number of nitrogens with one attached hydrogen (secondary N) is 2. The summed E-state index contributed by atoms with van der Waals surface area (Å²) in [7, 11) is 0. The molecule has 0 aliphatic carbocycles. The van der Waals surface area contributed by atoms with E-state index in [0.717, 1.165) is 0 Å². The third-order valence-corrected chi connectivity index (χ3v) is 5.33. The summed E-state index contributed by atoms with van der Waals surface area (Å²) in [5.74, 6) is 4.74. The van der Waals surface area contributed by atoms with E-state index in [1.165, 1.54) is 0 Å². The Labute approximate surface area is 199 Å². The highest BCUT2D eigenvalue weighted by Crippen LogP contribution is 2.40. The molecule has 4 rings (SSSR count). The van der Waals surface area contributed by atoms with E-state index in [2.05, 4.69) is 10.5 Å². The van der Waals surface area contributed by atoms with Gasteiger partial charge < -0.3 is 23.6 Å². The third-order valence-electron chi connectivity index (χ3n) is 4.78. The van der Waals surface area contributed by atoms with Gasteiger partial charge in [-0.05, 0) is 24.3 Å². The molecule has 3 aromatic rings. The van der Waals surface area contributed by atoms with Crippen LogP contribution in [0.25, 0.3) is 0 Å². The first-order valence-corrected chi connectivity index (χ1v) is 10.6. The number of rotatable bonds is 8. The largest absolute Gasteiger partial charge is 0.491 e. The fourth-order valence-electron chi connectivity index (χ4n) is 3.33. The van der Waals surface area contributed by atoms with Crippen molar-refractivity contribution in [3.8, 4) is 11.5 Å². The Morgan fingerprint density at radius 1 is 1.27 bits per heavy atom. The minimum Gasteiger partial charge on any atom is -0.491 e. The van der Waals surface area contributed by atoms with Gasteiger partial charge in [0.2, 0.25) is 5.79 Å². The second-order valence-corrected chi connectivity index (χ2v) is 7.97. The van der Waals surface area contributed by atoms with Crippen LogP contribution in [-0.4, -0.2) is 34.9 Å². The van der Waals surface area contributed by atoms with Crippen LogP contribution >= 0.6 is 23.2 Å². The lowest BCUT2D eigenvalue weighted by molar-refractivity contribution is -0.189. The van der Waals surface area contributed by atoms with Crippen molar-refractivity contribution in [2.45, 2.75) is 18.4 Å². The van der Waals surface area contributed by atoms with Gasteiger partial charge in [0.05, 0.1) is 24.5 Å². The first-order chi connectivity index (χ1) is 16.0. The summed E-state index contributed by atoms with van der Waals surface area (Å²) in [5, 5.41) is 0.947. The van der Waals surface area contributed by atoms with Crippen LogP contribution in [0.15, 0.2) is 61.2 Å². The van der Waals surface area contributed by atoms with Crippen molar-refractivity contribution in [1.29, 1.82) is 0 Å². The van der Waals surface area contributed by atoms with E-state index < -0.39 is 11.8 Å². The smallest absolute Gasteiger partial charge is 0.361 e. The maximum absolute atomic E-state index is 11.1. The van der Waals surface area contributed by atoms with Crippen LogP contribution in [-0.2, 0) is 21.8 Å². The van der Waals surface area contributed by atoms with E-state index >= 15 is 0 Å². The molecule has 1 aliphatic heterocycles. The molecule has 1 fully saturated rings. The van der Waals surface area contributed by atoms with Crippen molar-refractivity contribution in [1.82, 2.24) is 20.5 Å². The summed E-state index contributed by atoms with van der Waals surface area (Å²) >= 11 is 12.6. The Hall–Kier alpha value is -3.02. The van der Waals surface area contributed by atoms with Crippen molar-refractivity contribution in [3.63, 3.8) is 0 Å². The van der Waals surface area contributed by atoms with E-state index in [-0.39, 0.29) is 19.3 Å². The summed E-state index contributed by atoms with van der Waals surface area (Å²) in [5.41, 5.74) is 4.68. The third kappa shape index (κ3) is 5.67. The first-order valence-electron chi connectivity index (χ1n) is 9.87. The zero-order chi connectivity index (χ0) is 23.3. The number of benzene rings is 2. The number of hydrogen-bond acceptors (Lipinski definition) is 7. The van der Waals surface area contributed by atoms with Gasteiger partial charge in [0.15, 0.2) is 5.75 Å². The topological polar surface area (TPSA) is 122 Å². The molecule has 1 aliphatic rings. The lowest BCUT2D eigenvalue weighted by Crippen LogP contribution is -2.41. The minimum atomic E-state index is -1.14. The maximum atomic E-state index is 11.1. The average molecular weight is 494 g/mol. The molecule has 2 amide bonds. The van der Waals surface area contributed by atoms with Crippen LogP contribution in [0.4, 0.5) is 4.79 Å². The lowest BCUT2D eigenvalue weighted by Gasteiger charge is -2.30. The number of hydrogen-bond donors (Lipinski definition) is 3. The molecule has 1 aromatic heterocycles. The summed E-state index contributed by atoms with van der Waals surface area (Å²) in [6.45, 7) is 0.822. The Kier molecular flexibility index (Phi) is 7.21. The Morgan fingerprint density at radius 2 is 2.12 bits per heavy atom. The van der Waals surface area contributed by atoms with Crippen LogP contribution in [0.3, 0.4) is 0 Å². The number of halogens is 2. The van der Waals surface area contributed by atoms with Crippen molar-refractivity contribution < 1.29 is 23.8 Å². The van der Waals surface area contributed by atoms with Gasteiger partial charge in [0, 0.05) is 29.0 Å². The van der Waals surface area contributed by atoms with Crippen LogP contribution in [0.5, 0.6) is 11.5 Å². The molecule has 2 atom stereocenters. The van der Waals surface area contributed by atoms with Crippen LogP contribution < -0.4 is 26.3 Å². The molecule has 174 valence electrons. The van der Waals surface area contributed by atoms with Crippen LogP contribution in [0, 0.1) is 0 Å². The number of ether oxygens (including phenoxy) is 3. The van der Waals surface area contributed by atoms with E-state index in [1.807, 2.05) is 16.2 Å². The molecule has 2 unspecified atom stereocenters. The second-order valence-electron chi connectivity index (χ2n) is 7.13. The molecule has 12 heteroatoms. The van der Waals surface area contributed by atoms with Gasteiger partial charge >= 0.3 is 6.03 Å². The SMILES string of the molecule is NNC(=O)NOc1cccc(OCC2COC(Cn3ccnc3)(c3ccc(Cl)cc3Cl)O2)c1. The van der Waals surface area contributed by atoms with Crippen LogP contribution in [0.1, 0.15) is 5.56 Å². The number of hydroxylamine groups is 1. The molecule has 1 saturated heterocycles. The number of carbonyl (C=O) groups excluding carboxylic acids is 1. The van der Waals surface area contributed by atoms with Gasteiger partial charge in [0.1, 0.15) is 18.5 Å². The average Bonchev–Trinajstić information content (AvgIpc) is 3.47. The van der Waals surface area contributed by atoms with Gasteiger partial charge in [-0.1, -0.05) is 35.3 Å². The second kappa shape index (κ2) is 10.3. The Morgan fingerprint density at radius 3 is 2.88 bits per heavy atom. The number of imidazole rings is 1. The Balaban J connectivity index is 1.45. The van der Waals surface area contributed by atoms with E-state index in [9.17, 15) is 4.79 Å². The molecular weight excluding hydrogens is 473 g/mol. The number of nitrogens with zero attached hydrogens (tertiary/aromatic N) is 2. The molecule has 0 spiro atoms. The fraction of sp³-hybridized carbons (Fsp3) is 0.238. The highest BCUT2D eigenvalue weighted by Gasteiger charge is 2.45. The summed E-state index contributed by atoms with van der Waals surface area (Å²) in [6.07, 6.45) is 4.78. The summed E-state index contributed by atoms with van der Waals surface area (Å²) in [6, 6.07) is 11.2. The molecule has 33 heavy (non-hydrogen) atoms. The van der Waals surface area contributed by atoms with Gasteiger partial charge in [-0.25, -0.2) is 15.6 Å². The standard InChI is InChI=1S/C21H21Cl2N5O5/c22-14-4-5-18(19(23)8-14)21(12-28-7-6-25-13-28)31-11-17(32-21)10-30-15-2-1-3-16(9-15)33-27-20(29)26-24/h1-9,13,17H,10-12,24H2,(H2,26,27,29). The molecular formula is C21H21Cl2N5O5. The number of carbonyl (C=O) groups is 1. The first kappa shape index (κ1) is 23.1. The van der Waals surface area contributed by atoms with Gasteiger partial charge in [-0.15, -0.1) is 0 Å². The number of amides is 2. The predicted octanol–water partition coefficient (Wildman–Crippen LogP) is 3.00. The monoisotopic (exact) mass is 493 g/mol. The highest BCUT2D eigenvalue weighted by atomic mass is 35.5. The summed E-state index contributed by atoms with van der Waals surface area (Å²) in [4.78, 5) is 20.4. The van der Waals surface area contributed by atoms with Crippen molar-refractivity contribution in [2.24, 2.45) is 5.84 Å².